The van der Waals surface area contributed by atoms with Crippen molar-refractivity contribution in [3.05, 3.63) is 83.3 Å². The number of nitrogens with one attached hydrogen (secondary N) is 3. The summed E-state index contributed by atoms with van der Waals surface area (Å²) in [4.78, 5) is 16.2. The third kappa shape index (κ3) is 9.94. The summed E-state index contributed by atoms with van der Waals surface area (Å²) in [5.74, 6) is -4.99. The summed E-state index contributed by atoms with van der Waals surface area (Å²) in [6.07, 6.45) is 1.50. The number of rotatable bonds is 12. The van der Waals surface area contributed by atoms with Crippen LogP contribution in [0.15, 0.2) is 76.5 Å². The van der Waals surface area contributed by atoms with Gasteiger partial charge in [-0.3, -0.25) is 4.99 Å². The Morgan fingerprint density at radius 3 is 2.32 bits per heavy atom. The van der Waals surface area contributed by atoms with E-state index in [-0.39, 0.29) is 30.1 Å². The highest BCUT2D eigenvalue weighted by molar-refractivity contribution is 5.80. The number of allylic oxidation sites excluding steroid dienone is 1. The average Bonchev–Trinajstić information content (AvgIpc) is 2.89. The zero-order valence-electron chi connectivity index (χ0n) is 21.7. The van der Waals surface area contributed by atoms with Crippen LogP contribution in [0.5, 0.6) is 5.75 Å². The van der Waals surface area contributed by atoms with Crippen molar-refractivity contribution in [2.24, 2.45) is 10.1 Å². The Morgan fingerprint density at radius 2 is 1.68 bits per heavy atom. The number of benzene rings is 2. The number of ether oxygens (including phenoxy) is 1. The SMILES string of the molecule is C=N/C=C\C(=C/C)CNc1nc(N/N=C/c2ccc(OC(F)(F)F)cc2)nc(Nc2ccc(F)c(C(C)(F)F)c2)n1. The third-order valence-electron chi connectivity index (χ3n) is 5.04. The topological polar surface area (TPSA) is 109 Å². The number of anilines is 4. The second-order valence-electron chi connectivity index (χ2n) is 8.22. The number of aromatic nitrogens is 3. The molecule has 15 heteroatoms. The zero-order chi connectivity index (χ0) is 30.0. The van der Waals surface area contributed by atoms with Crippen molar-refractivity contribution in [2.75, 3.05) is 22.6 Å². The molecule has 0 fully saturated rings. The van der Waals surface area contributed by atoms with E-state index in [0.29, 0.717) is 12.5 Å². The van der Waals surface area contributed by atoms with Crippen molar-refractivity contribution in [1.29, 1.82) is 0 Å². The lowest BCUT2D eigenvalue weighted by Crippen LogP contribution is -2.17. The summed E-state index contributed by atoms with van der Waals surface area (Å²) in [6, 6.07) is 8.00. The summed E-state index contributed by atoms with van der Waals surface area (Å²) in [5, 5.41) is 9.71. The molecule has 0 radical (unpaired) electrons. The molecule has 0 atom stereocenters. The first-order valence-electron chi connectivity index (χ1n) is 11.7. The number of aliphatic imine (C=N–C) groups is 1. The first-order chi connectivity index (χ1) is 19.4. The Labute approximate surface area is 230 Å². The maximum absolute atomic E-state index is 13.9. The molecule has 2 aromatic carbocycles. The van der Waals surface area contributed by atoms with Gasteiger partial charge in [-0.25, -0.2) is 18.6 Å². The van der Waals surface area contributed by atoms with Crippen molar-refractivity contribution in [3.63, 3.8) is 0 Å². The molecule has 0 saturated heterocycles. The Balaban J connectivity index is 1.84. The van der Waals surface area contributed by atoms with Crippen molar-refractivity contribution in [1.82, 2.24) is 15.0 Å². The zero-order valence-corrected chi connectivity index (χ0v) is 21.7. The minimum Gasteiger partial charge on any atom is -0.406 e. The standard InChI is InChI=1S/C26H24F6N8O/c1-4-16(11-12-33-3)14-34-22-37-23(36-18-7-10-21(27)20(13-18)25(2,28)29)39-24(38-22)40-35-15-17-5-8-19(9-6-17)41-26(30,31)32/h4-13,15H,3,14H2,1-2H3,(H3,34,36,37,38,39,40)/b12-11-,16-4+,35-15+. The number of hydrogen-bond donors (Lipinski definition) is 3. The Kier molecular flexibility index (Phi) is 10.0. The second kappa shape index (κ2) is 13.4. The van der Waals surface area contributed by atoms with E-state index >= 15 is 0 Å². The predicted molar refractivity (Wildman–Crippen MR) is 144 cm³/mol. The van der Waals surface area contributed by atoms with Gasteiger partial charge in [0.1, 0.15) is 11.6 Å². The molecule has 9 nitrogen and oxygen atoms in total. The van der Waals surface area contributed by atoms with Crippen LogP contribution in [0.4, 0.5) is 49.9 Å². The molecule has 0 bridgehead atoms. The van der Waals surface area contributed by atoms with Crippen molar-refractivity contribution >= 4 is 36.5 Å². The lowest BCUT2D eigenvalue weighted by Gasteiger charge is -2.14. The number of hydrazone groups is 1. The van der Waals surface area contributed by atoms with Crippen LogP contribution in [0.1, 0.15) is 25.0 Å². The van der Waals surface area contributed by atoms with Gasteiger partial charge in [-0.1, -0.05) is 6.08 Å². The van der Waals surface area contributed by atoms with Gasteiger partial charge in [0, 0.05) is 25.4 Å². The van der Waals surface area contributed by atoms with Crippen LogP contribution in [0.2, 0.25) is 0 Å². The Hall–Kier alpha value is -4.95. The molecular weight excluding hydrogens is 554 g/mol. The monoisotopic (exact) mass is 578 g/mol. The van der Waals surface area contributed by atoms with E-state index in [1.54, 1.807) is 6.08 Å². The highest BCUT2D eigenvalue weighted by atomic mass is 19.4. The minimum absolute atomic E-state index is 0.0660. The van der Waals surface area contributed by atoms with Gasteiger partial charge in [0.15, 0.2) is 0 Å². The fourth-order valence-corrected chi connectivity index (χ4v) is 3.14. The van der Waals surface area contributed by atoms with Crippen molar-refractivity contribution in [2.45, 2.75) is 26.1 Å². The molecule has 3 aromatic rings. The van der Waals surface area contributed by atoms with E-state index in [0.717, 1.165) is 29.8 Å². The lowest BCUT2D eigenvalue weighted by molar-refractivity contribution is -0.274. The maximum Gasteiger partial charge on any atom is 0.573 e. The second-order valence-corrected chi connectivity index (χ2v) is 8.22. The molecule has 0 amide bonds. The molecule has 0 saturated carbocycles. The van der Waals surface area contributed by atoms with E-state index in [1.807, 2.05) is 13.0 Å². The van der Waals surface area contributed by atoms with Gasteiger partial charge in [-0.15, -0.1) is 13.2 Å². The molecule has 41 heavy (non-hydrogen) atoms. The van der Waals surface area contributed by atoms with Crippen molar-refractivity contribution < 1.29 is 31.1 Å². The van der Waals surface area contributed by atoms with Crippen LogP contribution in [0, 0.1) is 5.82 Å². The van der Waals surface area contributed by atoms with E-state index in [9.17, 15) is 26.3 Å². The van der Waals surface area contributed by atoms with Crippen LogP contribution in [0.25, 0.3) is 0 Å². The molecule has 1 aromatic heterocycles. The van der Waals surface area contributed by atoms with Gasteiger partial charge in [0.2, 0.25) is 17.8 Å². The smallest absolute Gasteiger partial charge is 0.406 e. The van der Waals surface area contributed by atoms with Crippen LogP contribution in [-0.4, -0.2) is 40.8 Å². The van der Waals surface area contributed by atoms with Crippen LogP contribution in [-0.2, 0) is 5.92 Å². The molecule has 1 heterocycles. The maximum atomic E-state index is 13.9. The molecule has 0 aliphatic heterocycles. The normalized spacial score (nSPS) is 12.5. The summed E-state index contributed by atoms with van der Waals surface area (Å²) in [6.45, 7) is 6.03. The number of halogens is 6. The molecular formula is C26H24F6N8O. The molecule has 216 valence electrons. The quantitative estimate of drug-likeness (QED) is 0.0941. The Bertz CT molecular complexity index is 1430. The summed E-state index contributed by atoms with van der Waals surface area (Å²) >= 11 is 0. The molecule has 0 unspecified atom stereocenters. The summed E-state index contributed by atoms with van der Waals surface area (Å²) in [7, 11) is 0. The van der Waals surface area contributed by atoms with E-state index < -0.39 is 29.4 Å². The van der Waals surface area contributed by atoms with E-state index in [1.165, 1.54) is 30.6 Å². The van der Waals surface area contributed by atoms with Crippen LogP contribution >= 0.6 is 0 Å². The molecule has 3 N–H and O–H groups in total. The largest absolute Gasteiger partial charge is 0.573 e. The van der Waals surface area contributed by atoms with Crippen LogP contribution < -0.4 is 20.8 Å². The average molecular weight is 579 g/mol. The van der Waals surface area contributed by atoms with Gasteiger partial charge >= 0.3 is 6.36 Å². The fraction of sp³-hybridized carbons (Fsp3) is 0.192. The first-order valence-corrected chi connectivity index (χ1v) is 11.7. The van der Waals surface area contributed by atoms with E-state index in [4.69, 9.17) is 0 Å². The number of hydrogen-bond acceptors (Lipinski definition) is 9. The van der Waals surface area contributed by atoms with Gasteiger partial charge < -0.3 is 15.4 Å². The molecule has 0 spiro atoms. The fourth-order valence-electron chi connectivity index (χ4n) is 3.14. The third-order valence-corrected chi connectivity index (χ3v) is 5.04. The number of alkyl halides is 5. The summed E-state index contributed by atoms with van der Waals surface area (Å²) < 4.78 is 82.4. The lowest BCUT2D eigenvalue weighted by atomic mass is 10.1. The molecule has 0 aliphatic rings. The minimum atomic E-state index is -4.81. The molecule has 0 aliphatic carbocycles. The van der Waals surface area contributed by atoms with Crippen LogP contribution in [0.3, 0.4) is 0 Å². The highest BCUT2D eigenvalue weighted by Crippen LogP contribution is 2.32. The van der Waals surface area contributed by atoms with Crippen molar-refractivity contribution in [3.8, 4) is 5.75 Å². The van der Waals surface area contributed by atoms with Gasteiger partial charge in [0.25, 0.3) is 5.92 Å². The first kappa shape index (κ1) is 30.6. The summed E-state index contributed by atoms with van der Waals surface area (Å²) in [5.41, 5.74) is 3.09. The van der Waals surface area contributed by atoms with Gasteiger partial charge in [-0.2, -0.15) is 20.1 Å². The van der Waals surface area contributed by atoms with E-state index in [2.05, 4.69) is 52.6 Å². The van der Waals surface area contributed by atoms with Gasteiger partial charge in [0.05, 0.1) is 11.8 Å². The highest BCUT2D eigenvalue weighted by Gasteiger charge is 2.31. The van der Waals surface area contributed by atoms with Gasteiger partial charge in [-0.05, 0) is 73.3 Å². The Morgan fingerprint density at radius 1 is 1.00 bits per heavy atom. The number of nitrogens with zero attached hydrogens (tertiary/aromatic N) is 5. The molecule has 3 rings (SSSR count). The predicted octanol–water partition coefficient (Wildman–Crippen LogP) is 6.78.